The molecule has 1 heterocycles. The summed E-state index contributed by atoms with van der Waals surface area (Å²) in [7, 11) is 0. The van der Waals surface area contributed by atoms with Gasteiger partial charge in [0.1, 0.15) is 0 Å². The van der Waals surface area contributed by atoms with Crippen LogP contribution in [0.25, 0.3) is 0 Å². The number of piperazine rings is 1. The molecule has 1 aliphatic heterocycles. The quantitative estimate of drug-likeness (QED) is 0.817. The topological polar surface area (TPSA) is 15.3 Å². The Morgan fingerprint density at radius 2 is 1.75 bits per heavy atom. The average Bonchev–Trinajstić information content (AvgIpc) is 2.47. The van der Waals surface area contributed by atoms with Gasteiger partial charge in [0.05, 0.1) is 0 Å². The van der Waals surface area contributed by atoms with Crippen LogP contribution in [0.3, 0.4) is 0 Å². The fourth-order valence-electron chi connectivity index (χ4n) is 4.07. The van der Waals surface area contributed by atoms with Crippen molar-refractivity contribution in [1.29, 1.82) is 0 Å². The molecule has 1 N–H and O–H groups in total. The number of nitrogens with one attached hydrogen (secondary N) is 1. The van der Waals surface area contributed by atoms with Crippen molar-refractivity contribution in [3.8, 4) is 0 Å². The molecule has 1 unspecified atom stereocenters. The SMILES string of the molecule is CCC(CC)CN1CC(C2CCCCC2)NCC1(C)C. The van der Waals surface area contributed by atoms with Gasteiger partial charge in [-0.1, -0.05) is 46.0 Å². The van der Waals surface area contributed by atoms with Crippen LogP contribution in [0.1, 0.15) is 72.6 Å². The Morgan fingerprint density at radius 1 is 1.10 bits per heavy atom. The third kappa shape index (κ3) is 3.98. The molecule has 1 saturated carbocycles. The molecule has 0 bridgehead atoms. The molecular formula is C18H36N2. The minimum atomic E-state index is 0.327. The number of hydrogen-bond acceptors (Lipinski definition) is 2. The molecule has 0 radical (unpaired) electrons. The lowest BCUT2D eigenvalue weighted by molar-refractivity contribution is 0.0303. The Bertz CT molecular complexity index is 277. The van der Waals surface area contributed by atoms with E-state index in [4.69, 9.17) is 0 Å². The average molecular weight is 280 g/mol. The first-order chi connectivity index (χ1) is 9.56. The van der Waals surface area contributed by atoms with Crippen LogP contribution in [0.4, 0.5) is 0 Å². The van der Waals surface area contributed by atoms with Gasteiger partial charge in [-0.05, 0) is 38.5 Å². The van der Waals surface area contributed by atoms with E-state index in [9.17, 15) is 0 Å². The van der Waals surface area contributed by atoms with E-state index in [1.807, 2.05) is 0 Å². The first-order valence-electron chi connectivity index (χ1n) is 9.05. The Balaban J connectivity index is 1.95. The summed E-state index contributed by atoms with van der Waals surface area (Å²) in [6.07, 6.45) is 9.94. The molecule has 1 atom stereocenters. The third-order valence-electron chi connectivity index (χ3n) is 5.92. The Labute approximate surface area is 126 Å². The summed E-state index contributed by atoms with van der Waals surface area (Å²) in [5, 5.41) is 3.88. The summed E-state index contributed by atoms with van der Waals surface area (Å²) >= 11 is 0. The molecule has 2 heteroatoms. The van der Waals surface area contributed by atoms with Crippen LogP contribution >= 0.6 is 0 Å². The van der Waals surface area contributed by atoms with Crippen LogP contribution in [0, 0.1) is 11.8 Å². The second kappa shape index (κ2) is 7.26. The summed E-state index contributed by atoms with van der Waals surface area (Å²) in [4.78, 5) is 2.79. The normalized spacial score (nSPS) is 28.9. The molecule has 0 aromatic rings. The van der Waals surface area contributed by atoms with E-state index in [2.05, 4.69) is 37.9 Å². The van der Waals surface area contributed by atoms with Crippen molar-refractivity contribution in [2.24, 2.45) is 11.8 Å². The summed E-state index contributed by atoms with van der Waals surface area (Å²) in [6, 6.07) is 0.748. The predicted molar refractivity (Wildman–Crippen MR) is 88.1 cm³/mol. The van der Waals surface area contributed by atoms with E-state index in [0.29, 0.717) is 5.54 Å². The Morgan fingerprint density at radius 3 is 2.35 bits per heavy atom. The van der Waals surface area contributed by atoms with Crippen molar-refractivity contribution in [2.45, 2.75) is 84.2 Å². The molecular weight excluding hydrogens is 244 g/mol. The van der Waals surface area contributed by atoms with Crippen LogP contribution in [-0.4, -0.2) is 36.1 Å². The summed E-state index contributed by atoms with van der Waals surface area (Å²) in [5.41, 5.74) is 0.327. The third-order valence-corrected chi connectivity index (χ3v) is 5.92. The van der Waals surface area contributed by atoms with E-state index in [-0.39, 0.29) is 0 Å². The van der Waals surface area contributed by atoms with Crippen molar-refractivity contribution < 1.29 is 0 Å². The smallest absolute Gasteiger partial charge is 0.0278 e. The molecule has 1 aliphatic carbocycles. The van der Waals surface area contributed by atoms with Crippen LogP contribution in [-0.2, 0) is 0 Å². The van der Waals surface area contributed by atoms with Crippen LogP contribution in [0.15, 0.2) is 0 Å². The lowest BCUT2D eigenvalue weighted by Gasteiger charge is -2.49. The maximum atomic E-state index is 3.88. The highest BCUT2D eigenvalue weighted by molar-refractivity contribution is 4.96. The van der Waals surface area contributed by atoms with E-state index < -0.39 is 0 Å². The maximum Gasteiger partial charge on any atom is 0.0278 e. The molecule has 2 fully saturated rings. The summed E-state index contributed by atoms with van der Waals surface area (Å²) in [6.45, 7) is 13.3. The van der Waals surface area contributed by atoms with Gasteiger partial charge in [-0.2, -0.15) is 0 Å². The van der Waals surface area contributed by atoms with Gasteiger partial charge in [0.15, 0.2) is 0 Å². The fourth-order valence-corrected chi connectivity index (χ4v) is 4.07. The van der Waals surface area contributed by atoms with Crippen molar-refractivity contribution in [3.63, 3.8) is 0 Å². The fraction of sp³-hybridized carbons (Fsp3) is 1.00. The second-order valence-corrected chi connectivity index (χ2v) is 7.79. The molecule has 0 amide bonds. The monoisotopic (exact) mass is 280 g/mol. The second-order valence-electron chi connectivity index (χ2n) is 7.79. The zero-order valence-electron chi connectivity index (χ0n) is 14.3. The number of nitrogens with zero attached hydrogens (tertiary/aromatic N) is 1. The first kappa shape index (κ1) is 16.3. The molecule has 0 spiro atoms. The molecule has 1 saturated heterocycles. The van der Waals surface area contributed by atoms with E-state index in [0.717, 1.165) is 24.4 Å². The molecule has 0 aromatic carbocycles. The van der Waals surface area contributed by atoms with Gasteiger partial charge < -0.3 is 5.32 Å². The van der Waals surface area contributed by atoms with Crippen molar-refractivity contribution >= 4 is 0 Å². The zero-order valence-corrected chi connectivity index (χ0v) is 14.3. The number of rotatable bonds is 5. The van der Waals surface area contributed by atoms with Gasteiger partial charge in [-0.15, -0.1) is 0 Å². The highest BCUT2D eigenvalue weighted by atomic mass is 15.3. The molecule has 2 nitrogen and oxygen atoms in total. The molecule has 2 aliphatic rings. The van der Waals surface area contributed by atoms with Crippen LogP contribution in [0.5, 0.6) is 0 Å². The van der Waals surface area contributed by atoms with Gasteiger partial charge in [0, 0.05) is 31.2 Å². The van der Waals surface area contributed by atoms with Crippen LogP contribution in [0.2, 0.25) is 0 Å². The first-order valence-corrected chi connectivity index (χ1v) is 9.05. The molecule has 20 heavy (non-hydrogen) atoms. The van der Waals surface area contributed by atoms with E-state index >= 15 is 0 Å². The van der Waals surface area contributed by atoms with Crippen molar-refractivity contribution in [1.82, 2.24) is 10.2 Å². The van der Waals surface area contributed by atoms with E-state index in [1.165, 1.54) is 58.0 Å². The highest BCUT2D eigenvalue weighted by Gasteiger charge is 2.37. The minimum absolute atomic E-state index is 0.327. The molecule has 2 rings (SSSR count). The largest absolute Gasteiger partial charge is 0.311 e. The van der Waals surface area contributed by atoms with Gasteiger partial charge in [-0.25, -0.2) is 0 Å². The van der Waals surface area contributed by atoms with E-state index in [1.54, 1.807) is 0 Å². The van der Waals surface area contributed by atoms with Gasteiger partial charge in [0.25, 0.3) is 0 Å². The lowest BCUT2D eigenvalue weighted by Crippen LogP contribution is -2.64. The van der Waals surface area contributed by atoms with Crippen molar-refractivity contribution in [2.75, 3.05) is 19.6 Å². The van der Waals surface area contributed by atoms with Crippen LogP contribution < -0.4 is 5.32 Å². The Kier molecular flexibility index (Phi) is 5.92. The van der Waals surface area contributed by atoms with Crippen molar-refractivity contribution in [3.05, 3.63) is 0 Å². The summed E-state index contributed by atoms with van der Waals surface area (Å²) < 4.78 is 0. The maximum absolute atomic E-state index is 3.88. The lowest BCUT2D eigenvalue weighted by atomic mass is 9.81. The zero-order chi connectivity index (χ0) is 14.6. The standard InChI is InChI=1S/C18H36N2/c1-5-15(6-2)12-20-13-17(19-14-18(20,3)4)16-10-8-7-9-11-16/h15-17,19H,5-14H2,1-4H3. The minimum Gasteiger partial charge on any atom is -0.311 e. The summed E-state index contributed by atoms with van der Waals surface area (Å²) in [5.74, 6) is 1.81. The van der Waals surface area contributed by atoms with Gasteiger partial charge in [0.2, 0.25) is 0 Å². The molecule has 118 valence electrons. The van der Waals surface area contributed by atoms with Gasteiger partial charge in [-0.3, -0.25) is 4.90 Å². The van der Waals surface area contributed by atoms with Gasteiger partial charge >= 0.3 is 0 Å². The molecule has 0 aromatic heterocycles. The highest BCUT2D eigenvalue weighted by Crippen LogP contribution is 2.31. The number of hydrogen-bond donors (Lipinski definition) is 1. The Hall–Kier alpha value is -0.0800. The predicted octanol–water partition coefficient (Wildman–Crippen LogP) is 4.06.